The Balaban J connectivity index is 1.47. The molecule has 0 radical (unpaired) electrons. The number of benzene rings is 1. The first-order valence-electron chi connectivity index (χ1n) is 8.66. The second-order valence-corrected chi connectivity index (χ2v) is 6.71. The summed E-state index contributed by atoms with van der Waals surface area (Å²) in [5.41, 5.74) is 6.32. The van der Waals surface area contributed by atoms with Crippen LogP contribution in [-0.4, -0.2) is 54.0 Å². The van der Waals surface area contributed by atoms with E-state index in [-0.39, 0.29) is 17.8 Å². The van der Waals surface area contributed by atoms with Crippen molar-refractivity contribution >= 4 is 5.91 Å². The lowest BCUT2D eigenvalue weighted by molar-refractivity contribution is -0.123. The Morgan fingerprint density at radius 3 is 2.61 bits per heavy atom. The van der Waals surface area contributed by atoms with Crippen molar-refractivity contribution in [3.63, 3.8) is 0 Å². The third kappa shape index (κ3) is 3.90. The Morgan fingerprint density at radius 1 is 1.17 bits per heavy atom. The van der Waals surface area contributed by atoms with Gasteiger partial charge in [0.25, 0.3) is 0 Å². The summed E-state index contributed by atoms with van der Waals surface area (Å²) in [6.07, 6.45) is 4.87. The molecule has 0 aliphatic carbocycles. The summed E-state index contributed by atoms with van der Waals surface area (Å²) in [7, 11) is 0. The zero-order chi connectivity index (χ0) is 16.2. The summed E-state index contributed by atoms with van der Waals surface area (Å²) in [5.74, 6) is -0.284. The van der Waals surface area contributed by atoms with Crippen LogP contribution in [0.3, 0.4) is 0 Å². The summed E-state index contributed by atoms with van der Waals surface area (Å²) < 4.78 is 13.7. The minimum absolute atomic E-state index is 0.0648. The van der Waals surface area contributed by atoms with E-state index in [0.29, 0.717) is 6.04 Å². The zero-order valence-electron chi connectivity index (χ0n) is 13.6. The maximum atomic E-state index is 13.7. The van der Waals surface area contributed by atoms with Gasteiger partial charge in [0.05, 0.1) is 6.04 Å². The molecule has 23 heavy (non-hydrogen) atoms. The van der Waals surface area contributed by atoms with Crippen molar-refractivity contribution < 1.29 is 9.18 Å². The predicted octanol–water partition coefficient (Wildman–Crippen LogP) is 1.78. The third-order valence-corrected chi connectivity index (χ3v) is 5.30. The Bertz CT molecular complexity index is 543. The topological polar surface area (TPSA) is 49.6 Å². The Labute approximate surface area is 137 Å². The number of hydrogen-bond acceptors (Lipinski definition) is 3. The maximum absolute atomic E-state index is 13.7. The molecule has 1 atom stereocenters. The first kappa shape index (κ1) is 16.4. The largest absolute Gasteiger partial charge is 0.368 e. The van der Waals surface area contributed by atoms with Crippen molar-refractivity contribution in [2.24, 2.45) is 5.73 Å². The molecule has 4 nitrogen and oxygen atoms in total. The van der Waals surface area contributed by atoms with Crippen LogP contribution in [0.4, 0.5) is 4.39 Å². The third-order valence-electron chi connectivity index (χ3n) is 5.30. The highest BCUT2D eigenvalue weighted by molar-refractivity contribution is 5.80. The van der Waals surface area contributed by atoms with Crippen molar-refractivity contribution in [1.29, 1.82) is 0 Å². The van der Waals surface area contributed by atoms with Crippen molar-refractivity contribution in [2.45, 2.75) is 44.2 Å². The first-order valence-corrected chi connectivity index (χ1v) is 8.66. The molecule has 3 rings (SSSR count). The molecule has 2 saturated heterocycles. The van der Waals surface area contributed by atoms with Gasteiger partial charge in [0.2, 0.25) is 5.91 Å². The number of likely N-dealkylation sites (tertiary alicyclic amines) is 2. The molecule has 2 aliphatic heterocycles. The van der Waals surface area contributed by atoms with Crippen LogP contribution in [0.25, 0.3) is 0 Å². The normalized spacial score (nSPS) is 24.1. The smallest absolute Gasteiger partial charge is 0.234 e. The average molecular weight is 319 g/mol. The second-order valence-electron chi connectivity index (χ2n) is 6.71. The van der Waals surface area contributed by atoms with Gasteiger partial charge in [-0.15, -0.1) is 0 Å². The van der Waals surface area contributed by atoms with Gasteiger partial charge in [-0.3, -0.25) is 9.69 Å². The van der Waals surface area contributed by atoms with Gasteiger partial charge in [-0.05, 0) is 63.4 Å². The van der Waals surface area contributed by atoms with Crippen LogP contribution in [0.15, 0.2) is 24.3 Å². The number of piperidine rings is 1. The first-order chi connectivity index (χ1) is 11.1. The summed E-state index contributed by atoms with van der Waals surface area (Å²) in [4.78, 5) is 16.3. The van der Waals surface area contributed by atoms with E-state index in [1.165, 1.54) is 6.07 Å². The van der Waals surface area contributed by atoms with E-state index in [9.17, 15) is 9.18 Å². The fourth-order valence-electron chi connectivity index (χ4n) is 3.99. The molecule has 2 heterocycles. The molecular weight excluding hydrogens is 293 g/mol. The van der Waals surface area contributed by atoms with Gasteiger partial charge < -0.3 is 10.6 Å². The van der Waals surface area contributed by atoms with E-state index >= 15 is 0 Å². The van der Waals surface area contributed by atoms with E-state index in [2.05, 4.69) is 9.80 Å². The zero-order valence-corrected chi connectivity index (χ0v) is 13.6. The van der Waals surface area contributed by atoms with Crippen LogP contribution in [0.1, 0.15) is 31.2 Å². The SMILES string of the molecule is NC(=O)C1CCCN1C1CCN(CCc2ccccc2F)CC1. The van der Waals surface area contributed by atoms with Gasteiger partial charge in [0.15, 0.2) is 0 Å². The summed E-state index contributed by atoms with van der Waals surface area (Å²) in [6.45, 7) is 3.92. The van der Waals surface area contributed by atoms with Crippen molar-refractivity contribution in [1.82, 2.24) is 9.80 Å². The van der Waals surface area contributed by atoms with Gasteiger partial charge >= 0.3 is 0 Å². The average Bonchev–Trinajstić information content (AvgIpc) is 3.04. The van der Waals surface area contributed by atoms with Crippen LogP contribution in [0.2, 0.25) is 0 Å². The minimum atomic E-state index is -0.176. The van der Waals surface area contributed by atoms with Crippen molar-refractivity contribution in [3.8, 4) is 0 Å². The summed E-state index contributed by atoms with van der Waals surface area (Å²) in [5, 5.41) is 0. The molecule has 0 saturated carbocycles. The highest BCUT2D eigenvalue weighted by Gasteiger charge is 2.35. The van der Waals surface area contributed by atoms with E-state index in [1.54, 1.807) is 6.07 Å². The molecule has 2 fully saturated rings. The lowest BCUT2D eigenvalue weighted by Crippen LogP contribution is -2.50. The number of nitrogens with zero attached hydrogens (tertiary/aromatic N) is 2. The highest BCUT2D eigenvalue weighted by atomic mass is 19.1. The molecule has 0 bridgehead atoms. The summed E-state index contributed by atoms with van der Waals surface area (Å²) >= 11 is 0. The van der Waals surface area contributed by atoms with Crippen molar-refractivity contribution in [2.75, 3.05) is 26.2 Å². The predicted molar refractivity (Wildman–Crippen MR) is 88.5 cm³/mol. The molecule has 5 heteroatoms. The van der Waals surface area contributed by atoms with Crippen LogP contribution < -0.4 is 5.73 Å². The molecule has 126 valence electrons. The van der Waals surface area contributed by atoms with Crippen LogP contribution in [0.5, 0.6) is 0 Å². The number of primary amides is 1. The summed E-state index contributed by atoms with van der Waals surface area (Å²) in [6, 6.07) is 7.42. The molecule has 2 N–H and O–H groups in total. The number of amides is 1. The Kier molecular flexibility index (Phi) is 5.28. The van der Waals surface area contributed by atoms with Gasteiger partial charge in [-0.2, -0.15) is 0 Å². The molecule has 0 spiro atoms. The molecular formula is C18H26FN3O. The number of nitrogens with two attached hydrogens (primary N) is 1. The fraction of sp³-hybridized carbons (Fsp3) is 0.611. The van der Waals surface area contributed by atoms with Gasteiger partial charge in [0.1, 0.15) is 5.82 Å². The maximum Gasteiger partial charge on any atom is 0.234 e. The quantitative estimate of drug-likeness (QED) is 0.900. The van der Waals surface area contributed by atoms with Gasteiger partial charge in [-0.25, -0.2) is 4.39 Å². The molecule has 1 aromatic rings. The lowest BCUT2D eigenvalue weighted by atomic mass is 10.0. The molecule has 0 aromatic heterocycles. The molecule has 1 amide bonds. The Morgan fingerprint density at radius 2 is 1.91 bits per heavy atom. The number of hydrogen-bond donors (Lipinski definition) is 1. The van der Waals surface area contributed by atoms with Crippen LogP contribution >= 0.6 is 0 Å². The van der Waals surface area contributed by atoms with Crippen molar-refractivity contribution in [3.05, 3.63) is 35.6 Å². The Hall–Kier alpha value is -1.46. The van der Waals surface area contributed by atoms with E-state index < -0.39 is 0 Å². The molecule has 2 aliphatic rings. The van der Waals surface area contributed by atoms with E-state index in [0.717, 1.165) is 63.8 Å². The monoisotopic (exact) mass is 319 g/mol. The van der Waals surface area contributed by atoms with Gasteiger partial charge in [-0.1, -0.05) is 18.2 Å². The van der Waals surface area contributed by atoms with Crippen LogP contribution in [0, 0.1) is 5.82 Å². The van der Waals surface area contributed by atoms with Gasteiger partial charge in [0, 0.05) is 12.6 Å². The number of carbonyl (C=O) groups is 1. The number of carbonyl (C=O) groups excluding carboxylic acids is 1. The standard InChI is InChI=1S/C18H26FN3O/c19-16-5-2-1-4-14(16)7-11-21-12-8-15(9-13-21)22-10-3-6-17(22)18(20)23/h1-2,4-5,15,17H,3,6-13H2,(H2,20,23). The fourth-order valence-corrected chi connectivity index (χ4v) is 3.99. The van der Waals surface area contributed by atoms with E-state index in [1.807, 2.05) is 12.1 Å². The van der Waals surface area contributed by atoms with Crippen LogP contribution in [-0.2, 0) is 11.2 Å². The molecule has 1 aromatic carbocycles. The lowest BCUT2D eigenvalue weighted by Gasteiger charge is -2.38. The minimum Gasteiger partial charge on any atom is -0.368 e. The highest BCUT2D eigenvalue weighted by Crippen LogP contribution is 2.26. The second kappa shape index (κ2) is 7.41. The molecule has 1 unspecified atom stereocenters. The number of rotatable bonds is 5. The van der Waals surface area contributed by atoms with E-state index in [4.69, 9.17) is 5.73 Å². The number of halogens is 1.